The van der Waals surface area contributed by atoms with E-state index in [0.717, 1.165) is 17.2 Å². The molecule has 0 unspecified atom stereocenters. The largest absolute Gasteiger partial charge is 0.438 e. The molecule has 1 fully saturated rings. The molecule has 4 aromatic rings. The van der Waals surface area contributed by atoms with E-state index < -0.39 is 21.7 Å². The third kappa shape index (κ3) is 5.79. The summed E-state index contributed by atoms with van der Waals surface area (Å²) in [6, 6.07) is 9.36. The second kappa shape index (κ2) is 11.1. The molecule has 2 N–H and O–H groups in total. The summed E-state index contributed by atoms with van der Waals surface area (Å²) in [5.74, 6) is -0.691. The second-order valence-corrected chi connectivity index (χ2v) is 11.3. The molecule has 10 nitrogen and oxygen atoms in total. The van der Waals surface area contributed by atoms with Gasteiger partial charge in [0.2, 0.25) is 5.88 Å². The van der Waals surface area contributed by atoms with Gasteiger partial charge in [0.05, 0.1) is 17.8 Å². The molecular weight excluding hydrogens is 533 g/mol. The van der Waals surface area contributed by atoms with Crippen LogP contribution in [0.15, 0.2) is 69.4 Å². The number of ether oxygens (including phenoxy) is 1. The van der Waals surface area contributed by atoms with Crippen molar-refractivity contribution in [1.29, 1.82) is 0 Å². The Labute approximate surface area is 222 Å². The van der Waals surface area contributed by atoms with Crippen molar-refractivity contribution in [2.45, 2.75) is 47.7 Å². The number of amides is 1. The Morgan fingerprint density at radius 3 is 2.68 bits per heavy atom. The lowest BCUT2D eigenvalue weighted by Gasteiger charge is -2.29. The van der Waals surface area contributed by atoms with E-state index in [9.17, 15) is 17.6 Å². The molecular formula is C25H24FN5O5S2. The van der Waals surface area contributed by atoms with Gasteiger partial charge in [-0.1, -0.05) is 11.2 Å². The van der Waals surface area contributed by atoms with E-state index in [1.807, 2.05) is 18.4 Å². The van der Waals surface area contributed by atoms with Crippen LogP contribution in [0.2, 0.25) is 0 Å². The highest BCUT2D eigenvalue weighted by Gasteiger charge is 2.29. The maximum atomic E-state index is 14.0. The minimum Gasteiger partial charge on any atom is -0.438 e. The predicted octanol–water partition coefficient (Wildman–Crippen LogP) is 4.29. The summed E-state index contributed by atoms with van der Waals surface area (Å²) >= 11 is 1.54. The van der Waals surface area contributed by atoms with E-state index >= 15 is 0 Å². The molecule has 0 aliphatic heterocycles. The van der Waals surface area contributed by atoms with Crippen molar-refractivity contribution >= 4 is 38.7 Å². The smallest absolute Gasteiger partial charge is 0.259 e. The normalized spacial score (nSPS) is 17.8. The number of carbonyl (C=O) groups is 1. The van der Waals surface area contributed by atoms with Gasteiger partial charge in [-0.05, 0) is 56.2 Å². The zero-order valence-corrected chi connectivity index (χ0v) is 21.9. The monoisotopic (exact) mass is 557 g/mol. The zero-order valence-electron chi connectivity index (χ0n) is 20.3. The Kier molecular flexibility index (Phi) is 7.58. The Balaban J connectivity index is 1.22. The van der Waals surface area contributed by atoms with Crippen molar-refractivity contribution < 1.29 is 26.9 Å². The van der Waals surface area contributed by atoms with E-state index in [-0.39, 0.29) is 28.6 Å². The number of nitrogens with one attached hydrogen (secondary N) is 2. The SMILES string of the molecule is CSc1cccc(Oc2ncc(F)cc2C(=O)NC2CCC(NS(=O)(=O)c3nccc4oncc34)CC2)c1. The number of nitrogens with zero attached hydrogens (tertiary/aromatic N) is 3. The first-order valence-corrected chi connectivity index (χ1v) is 14.5. The average Bonchev–Trinajstić information content (AvgIpc) is 3.40. The van der Waals surface area contributed by atoms with Crippen LogP contribution in [0.1, 0.15) is 36.0 Å². The molecule has 5 rings (SSSR count). The van der Waals surface area contributed by atoms with E-state index in [1.165, 1.54) is 24.2 Å². The van der Waals surface area contributed by atoms with E-state index in [2.05, 4.69) is 25.2 Å². The molecule has 0 bridgehead atoms. The van der Waals surface area contributed by atoms with Crippen molar-refractivity contribution in [3.63, 3.8) is 0 Å². The number of hydrogen-bond donors (Lipinski definition) is 2. The molecule has 3 aromatic heterocycles. The number of carbonyl (C=O) groups excluding carboxylic acids is 1. The molecule has 3 heterocycles. The number of fused-ring (bicyclic) bond motifs is 1. The van der Waals surface area contributed by atoms with Crippen LogP contribution in [-0.2, 0) is 10.0 Å². The quantitative estimate of drug-likeness (QED) is 0.304. The van der Waals surface area contributed by atoms with Crippen LogP contribution < -0.4 is 14.8 Å². The summed E-state index contributed by atoms with van der Waals surface area (Å²) in [5.41, 5.74) is 0.314. The molecule has 0 radical (unpaired) electrons. The standard InChI is InChI=1S/C25H24FN5O5S2/c1-37-19-4-2-3-18(12-19)35-24-20(11-15(26)13-28-24)23(32)30-16-5-7-17(8-6-16)31-38(33,34)25-21-14-29-36-22(21)9-10-27-25/h2-4,9-14,16-17,31H,5-8H2,1H3,(H,30,32). The molecule has 1 amide bonds. The molecule has 1 aromatic carbocycles. The molecule has 0 saturated heterocycles. The topological polar surface area (TPSA) is 136 Å². The van der Waals surface area contributed by atoms with Gasteiger partial charge in [-0.3, -0.25) is 4.79 Å². The molecule has 1 aliphatic rings. The Bertz CT molecular complexity index is 1570. The van der Waals surface area contributed by atoms with Gasteiger partial charge in [-0.2, -0.15) is 0 Å². The molecule has 198 valence electrons. The van der Waals surface area contributed by atoms with Crippen molar-refractivity contribution in [2.75, 3.05) is 6.26 Å². The first kappa shape index (κ1) is 26.1. The lowest BCUT2D eigenvalue weighted by atomic mass is 9.91. The maximum Gasteiger partial charge on any atom is 0.259 e. The lowest BCUT2D eigenvalue weighted by molar-refractivity contribution is 0.0921. The minimum atomic E-state index is -3.90. The van der Waals surface area contributed by atoms with Crippen molar-refractivity contribution in [3.8, 4) is 11.6 Å². The first-order chi connectivity index (χ1) is 18.3. The summed E-state index contributed by atoms with van der Waals surface area (Å²) in [6.07, 6.45) is 7.65. The molecule has 13 heteroatoms. The highest BCUT2D eigenvalue weighted by molar-refractivity contribution is 7.98. The average molecular weight is 558 g/mol. The van der Waals surface area contributed by atoms with E-state index in [0.29, 0.717) is 42.4 Å². The summed E-state index contributed by atoms with van der Waals surface area (Å²) in [5, 5.41) is 6.72. The lowest BCUT2D eigenvalue weighted by Crippen LogP contribution is -2.44. The van der Waals surface area contributed by atoms with Gasteiger partial charge in [0.1, 0.15) is 17.1 Å². The van der Waals surface area contributed by atoms with E-state index in [4.69, 9.17) is 9.26 Å². The van der Waals surface area contributed by atoms with Gasteiger partial charge in [0, 0.05) is 29.2 Å². The van der Waals surface area contributed by atoms with Crippen LogP contribution >= 0.6 is 11.8 Å². The summed E-state index contributed by atoms with van der Waals surface area (Å²) < 4.78 is 53.4. The van der Waals surface area contributed by atoms with Gasteiger partial charge in [-0.25, -0.2) is 27.5 Å². The van der Waals surface area contributed by atoms with Crippen LogP contribution in [0.25, 0.3) is 11.0 Å². The van der Waals surface area contributed by atoms with Crippen molar-refractivity contribution in [3.05, 3.63) is 66.4 Å². The minimum absolute atomic E-state index is 0.000916. The Morgan fingerprint density at radius 2 is 1.89 bits per heavy atom. The summed E-state index contributed by atoms with van der Waals surface area (Å²) in [6.45, 7) is 0. The number of hydrogen-bond acceptors (Lipinski definition) is 9. The molecule has 0 spiro atoms. The Hall–Kier alpha value is -3.55. The summed E-state index contributed by atoms with van der Waals surface area (Å²) in [7, 11) is -3.90. The number of pyridine rings is 2. The highest BCUT2D eigenvalue weighted by Crippen LogP contribution is 2.28. The molecule has 38 heavy (non-hydrogen) atoms. The molecule has 1 aliphatic carbocycles. The molecule has 0 atom stereocenters. The van der Waals surface area contributed by atoms with Crippen LogP contribution in [0.5, 0.6) is 11.6 Å². The fourth-order valence-electron chi connectivity index (χ4n) is 4.33. The Morgan fingerprint density at radius 1 is 1.11 bits per heavy atom. The fourth-order valence-corrected chi connectivity index (χ4v) is 6.20. The predicted molar refractivity (Wildman–Crippen MR) is 138 cm³/mol. The van der Waals surface area contributed by atoms with Crippen LogP contribution in [0.4, 0.5) is 4.39 Å². The number of rotatable bonds is 8. The zero-order chi connectivity index (χ0) is 26.7. The number of thioether (sulfide) groups is 1. The van der Waals surface area contributed by atoms with Crippen LogP contribution in [0, 0.1) is 5.82 Å². The van der Waals surface area contributed by atoms with Gasteiger partial charge in [-0.15, -0.1) is 11.8 Å². The molecule has 1 saturated carbocycles. The van der Waals surface area contributed by atoms with Gasteiger partial charge >= 0.3 is 0 Å². The van der Waals surface area contributed by atoms with Crippen molar-refractivity contribution in [2.24, 2.45) is 0 Å². The summed E-state index contributed by atoms with van der Waals surface area (Å²) in [4.78, 5) is 22.0. The number of halogens is 1. The van der Waals surface area contributed by atoms with Crippen LogP contribution in [0.3, 0.4) is 0 Å². The van der Waals surface area contributed by atoms with Crippen molar-refractivity contribution in [1.82, 2.24) is 25.2 Å². The number of aromatic nitrogens is 3. The second-order valence-electron chi connectivity index (χ2n) is 8.78. The third-order valence-electron chi connectivity index (χ3n) is 6.20. The number of sulfonamides is 1. The number of benzene rings is 1. The van der Waals surface area contributed by atoms with E-state index in [1.54, 1.807) is 18.2 Å². The van der Waals surface area contributed by atoms with Gasteiger partial charge in [0.25, 0.3) is 15.9 Å². The fraction of sp³-hybridized carbons (Fsp3) is 0.280. The van der Waals surface area contributed by atoms with Gasteiger partial charge in [0.15, 0.2) is 10.6 Å². The highest BCUT2D eigenvalue weighted by atomic mass is 32.2. The van der Waals surface area contributed by atoms with Gasteiger partial charge < -0.3 is 14.6 Å². The third-order valence-corrected chi connectivity index (χ3v) is 8.41. The maximum absolute atomic E-state index is 14.0. The van der Waals surface area contributed by atoms with Crippen LogP contribution in [-0.4, -0.2) is 47.8 Å². The first-order valence-electron chi connectivity index (χ1n) is 11.8.